The predicted molar refractivity (Wildman–Crippen MR) is 114 cm³/mol. The molecule has 0 aliphatic carbocycles. The van der Waals surface area contributed by atoms with Crippen molar-refractivity contribution in [2.24, 2.45) is 0 Å². The molecule has 0 spiro atoms. The van der Waals surface area contributed by atoms with Crippen molar-refractivity contribution in [2.75, 3.05) is 19.4 Å². The number of nitrogens with two attached hydrogens (primary N) is 1. The molecule has 1 unspecified atom stereocenters. The summed E-state index contributed by atoms with van der Waals surface area (Å²) in [6.45, 7) is 4.17. The number of nitrogens with one attached hydrogen (secondary N) is 2. The number of rotatable bonds is 6. The molecule has 0 saturated heterocycles. The first-order chi connectivity index (χ1) is 14.5. The molecule has 4 aromatic heterocycles. The normalized spacial score (nSPS) is 12.2. The highest BCUT2D eigenvalue weighted by Gasteiger charge is 2.21. The Kier molecular flexibility index (Phi) is 5.20. The minimum atomic E-state index is -0.400. The van der Waals surface area contributed by atoms with E-state index in [1.807, 2.05) is 48.7 Å². The van der Waals surface area contributed by atoms with Crippen LogP contribution in [0.1, 0.15) is 23.1 Å². The average molecular weight is 405 g/mol. The number of aromatic nitrogens is 5. The summed E-state index contributed by atoms with van der Waals surface area (Å²) in [6.07, 6.45) is 5.40. The summed E-state index contributed by atoms with van der Waals surface area (Å²) in [5.74, 6) is -0.339. The molecule has 1 amide bonds. The van der Waals surface area contributed by atoms with Crippen molar-refractivity contribution in [2.45, 2.75) is 20.0 Å². The predicted octanol–water partition coefficient (Wildman–Crippen LogP) is 2.44. The third kappa shape index (κ3) is 3.62. The van der Waals surface area contributed by atoms with Crippen LogP contribution >= 0.6 is 0 Å². The van der Waals surface area contributed by atoms with E-state index in [1.54, 1.807) is 19.5 Å². The molecule has 1 atom stereocenters. The average Bonchev–Trinajstić information content (AvgIpc) is 3.41. The van der Waals surface area contributed by atoms with Crippen LogP contribution < -0.4 is 11.1 Å². The number of aromatic amines is 1. The largest absolute Gasteiger partial charge is 0.382 e. The van der Waals surface area contributed by atoms with E-state index in [9.17, 15) is 4.79 Å². The number of fused-ring (bicyclic) bond motifs is 1. The summed E-state index contributed by atoms with van der Waals surface area (Å²) in [6, 6.07) is 7.56. The van der Waals surface area contributed by atoms with E-state index in [1.165, 1.54) is 0 Å². The van der Waals surface area contributed by atoms with Gasteiger partial charge in [0.1, 0.15) is 17.0 Å². The first-order valence-electron chi connectivity index (χ1n) is 9.54. The molecule has 4 rings (SSSR count). The Morgan fingerprint density at radius 1 is 1.30 bits per heavy atom. The van der Waals surface area contributed by atoms with E-state index in [2.05, 4.69) is 25.3 Å². The fourth-order valence-electron chi connectivity index (χ4n) is 3.13. The number of pyridine rings is 1. The van der Waals surface area contributed by atoms with Gasteiger partial charge in [0.15, 0.2) is 11.5 Å². The molecule has 9 heteroatoms. The number of carbonyl (C=O) groups excluding carboxylic acids is 1. The van der Waals surface area contributed by atoms with Crippen molar-refractivity contribution in [1.29, 1.82) is 0 Å². The van der Waals surface area contributed by atoms with Crippen LogP contribution in [-0.2, 0) is 4.74 Å². The lowest BCUT2D eigenvalue weighted by Crippen LogP contribution is -2.33. The molecule has 0 aliphatic rings. The van der Waals surface area contributed by atoms with Gasteiger partial charge in [-0.3, -0.25) is 4.79 Å². The van der Waals surface area contributed by atoms with Gasteiger partial charge in [-0.2, -0.15) is 0 Å². The van der Waals surface area contributed by atoms with Gasteiger partial charge in [0.2, 0.25) is 0 Å². The van der Waals surface area contributed by atoms with Crippen LogP contribution in [0.3, 0.4) is 0 Å². The van der Waals surface area contributed by atoms with Gasteiger partial charge in [-0.25, -0.2) is 15.0 Å². The lowest BCUT2D eigenvalue weighted by Gasteiger charge is -2.14. The fourth-order valence-corrected chi connectivity index (χ4v) is 3.13. The van der Waals surface area contributed by atoms with Crippen LogP contribution in [0.2, 0.25) is 0 Å². The Balaban J connectivity index is 1.83. The molecule has 0 aromatic carbocycles. The quantitative estimate of drug-likeness (QED) is 0.453. The highest BCUT2D eigenvalue weighted by atomic mass is 16.5. The molecular formula is C21H23N7O2. The van der Waals surface area contributed by atoms with Crippen LogP contribution in [-0.4, -0.2) is 50.0 Å². The Bertz CT molecular complexity index is 1200. The summed E-state index contributed by atoms with van der Waals surface area (Å²) in [5, 5.41) is 2.79. The minimum absolute atomic E-state index is 0.0609. The van der Waals surface area contributed by atoms with Crippen molar-refractivity contribution in [3.63, 3.8) is 0 Å². The molecule has 154 valence electrons. The molecule has 4 aromatic rings. The smallest absolute Gasteiger partial charge is 0.273 e. The summed E-state index contributed by atoms with van der Waals surface area (Å²) in [5.41, 5.74) is 10.7. The van der Waals surface area contributed by atoms with Gasteiger partial charge in [0, 0.05) is 43.5 Å². The second-order valence-electron chi connectivity index (χ2n) is 7.04. The lowest BCUT2D eigenvalue weighted by atomic mass is 10.1. The molecule has 9 nitrogen and oxygen atoms in total. The summed E-state index contributed by atoms with van der Waals surface area (Å²) >= 11 is 0. The highest BCUT2D eigenvalue weighted by Crippen LogP contribution is 2.30. The third-order valence-corrected chi connectivity index (χ3v) is 4.91. The minimum Gasteiger partial charge on any atom is -0.382 e. The van der Waals surface area contributed by atoms with Crippen molar-refractivity contribution in [3.05, 3.63) is 54.2 Å². The number of nitrogens with zero attached hydrogens (tertiary/aromatic N) is 4. The van der Waals surface area contributed by atoms with Gasteiger partial charge < -0.3 is 25.2 Å². The van der Waals surface area contributed by atoms with Gasteiger partial charge in [-0.15, -0.1) is 0 Å². The third-order valence-electron chi connectivity index (χ3n) is 4.91. The van der Waals surface area contributed by atoms with Gasteiger partial charge in [0.05, 0.1) is 11.8 Å². The molecule has 30 heavy (non-hydrogen) atoms. The number of aryl methyl sites for hydroxylation is 1. The lowest BCUT2D eigenvalue weighted by molar-refractivity contribution is 0.0867. The van der Waals surface area contributed by atoms with Crippen molar-refractivity contribution in [1.82, 2.24) is 29.7 Å². The van der Waals surface area contributed by atoms with Crippen LogP contribution in [0.5, 0.6) is 0 Å². The van der Waals surface area contributed by atoms with Gasteiger partial charge >= 0.3 is 0 Å². The molecule has 0 radical (unpaired) electrons. The maximum absolute atomic E-state index is 12.7. The van der Waals surface area contributed by atoms with E-state index in [0.29, 0.717) is 17.9 Å². The Labute approximate surface area is 173 Å². The number of amides is 1. The van der Waals surface area contributed by atoms with Crippen LogP contribution in [0, 0.1) is 6.92 Å². The van der Waals surface area contributed by atoms with Crippen molar-refractivity contribution >= 4 is 17.4 Å². The number of hydrogen-bond acceptors (Lipinski definition) is 6. The first-order valence-corrected chi connectivity index (χ1v) is 9.54. The summed E-state index contributed by atoms with van der Waals surface area (Å²) in [7, 11) is 1.59. The number of H-pyrrole nitrogens is 1. The summed E-state index contributed by atoms with van der Waals surface area (Å²) in [4.78, 5) is 29.4. The van der Waals surface area contributed by atoms with E-state index >= 15 is 0 Å². The van der Waals surface area contributed by atoms with E-state index in [4.69, 9.17) is 10.5 Å². The molecule has 4 heterocycles. The van der Waals surface area contributed by atoms with Crippen LogP contribution in [0.15, 0.2) is 42.9 Å². The van der Waals surface area contributed by atoms with Gasteiger partial charge in [-0.1, -0.05) is 0 Å². The first kappa shape index (κ1) is 19.6. The molecular weight excluding hydrogens is 382 g/mol. The van der Waals surface area contributed by atoms with Gasteiger partial charge in [0.25, 0.3) is 5.91 Å². The van der Waals surface area contributed by atoms with Crippen molar-refractivity contribution in [3.8, 4) is 22.6 Å². The summed E-state index contributed by atoms with van der Waals surface area (Å²) < 4.78 is 7.14. The molecule has 0 aliphatic heterocycles. The zero-order valence-electron chi connectivity index (χ0n) is 17.0. The standard InChI is InChI=1S/C21H23N7O2/c1-12-9-24-16-7-6-14(11-28(12)16)17-18(15-5-4-8-23-15)27-20(22)19(26-17)21(29)25-10-13(2)30-3/h4-9,11,13,23H,10H2,1-3H3,(H2,22,27)(H,25,29). The number of imidazole rings is 1. The molecule has 0 bridgehead atoms. The van der Waals surface area contributed by atoms with E-state index in [0.717, 1.165) is 22.6 Å². The maximum Gasteiger partial charge on any atom is 0.273 e. The fraction of sp³-hybridized carbons (Fsp3) is 0.238. The Hall–Kier alpha value is -3.72. The van der Waals surface area contributed by atoms with Crippen molar-refractivity contribution < 1.29 is 9.53 Å². The number of nitrogen functional groups attached to an aromatic ring is 1. The molecule has 4 N–H and O–H groups in total. The zero-order chi connectivity index (χ0) is 21.3. The van der Waals surface area contributed by atoms with Crippen LogP contribution in [0.25, 0.3) is 28.3 Å². The monoisotopic (exact) mass is 405 g/mol. The number of methoxy groups -OCH3 is 1. The maximum atomic E-state index is 12.7. The topological polar surface area (TPSA) is 123 Å². The highest BCUT2D eigenvalue weighted by molar-refractivity contribution is 5.97. The van der Waals surface area contributed by atoms with E-state index in [-0.39, 0.29) is 17.6 Å². The molecule has 0 saturated carbocycles. The molecule has 0 fully saturated rings. The number of anilines is 1. The van der Waals surface area contributed by atoms with E-state index < -0.39 is 5.91 Å². The zero-order valence-corrected chi connectivity index (χ0v) is 17.0. The number of hydrogen-bond donors (Lipinski definition) is 3. The number of carbonyl (C=O) groups is 1. The Morgan fingerprint density at radius 2 is 2.13 bits per heavy atom. The number of ether oxygens (including phenoxy) is 1. The Morgan fingerprint density at radius 3 is 2.87 bits per heavy atom. The SMILES string of the molecule is COC(C)CNC(=O)c1nc(-c2ccc3ncc(C)n3c2)c(-c2ccc[nH]2)nc1N. The van der Waals surface area contributed by atoms with Crippen LogP contribution in [0.4, 0.5) is 5.82 Å². The second-order valence-corrected chi connectivity index (χ2v) is 7.04. The van der Waals surface area contributed by atoms with Gasteiger partial charge in [-0.05, 0) is 38.1 Å². The second kappa shape index (κ2) is 7.96.